The molecule has 0 spiro atoms. The third kappa shape index (κ3) is 3.92. The highest BCUT2D eigenvalue weighted by Gasteiger charge is 2.27. The van der Waals surface area contributed by atoms with Gasteiger partial charge in [0, 0.05) is 4.91 Å². The average Bonchev–Trinajstić information content (AvgIpc) is 2.37. The number of azide groups is 1. The minimum Gasteiger partial charge on any atom is -0.465 e. The molecule has 1 aromatic rings. The molecule has 0 fully saturated rings. The number of benzene rings is 1. The Balaban J connectivity index is 2.87. The van der Waals surface area contributed by atoms with E-state index in [4.69, 9.17) is 10.3 Å². The van der Waals surface area contributed by atoms with Crippen molar-refractivity contribution in [2.45, 2.75) is 13.3 Å². The molecular weight excluding hydrogens is 234 g/mol. The van der Waals surface area contributed by atoms with E-state index in [2.05, 4.69) is 10.0 Å². The Hall–Kier alpha value is -2.33. The second-order valence-corrected chi connectivity index (χ2v) is 3.52. The first-order valence-corrected chi connectivity index (χ1v) is 5.48. The lowest BCUT2D eigenvalue weighted by atomic mass is 9.99. The fourth-order valence-electron chi connectivity index (χ4n) is 1.48. The largest absolute Gasteiger partial charge is 0.465 e. The van der Waals surface area contributed by atoms with E-state index >= 15 is 0 Å². The van der Waals surface area contributed by atoms with Gasteiger partial charge in [-0.2, -0.15) is 0 Å². The van der Waals surface area contributed by atoms with Crippen molar-refractivity contribution in [3.63, 3.8) is 0 Å². The van der Waals surface area contributed by atoms with Crippen LogP contribution < -0.4 is 0 Å². The summed E-state index contributed by atoms with van der Waals surface area (Å²) in [7, 11) is 0. The zero-order valence-electron chi connectivity index (χ0n) is 9.94. The zero-order chi connectivity index (χ0) is 13.4. The molecule has 6 heteroatoms. The number of hydrogen-bond donors (Lipinski definition) is 0. The van der Waals surface area contributed by atoms with Gasteiger partial charge in [-0.15, -0.1) is 0 Å². The molecule has 0 heterocycles. The number of rotatable bonds is 5. The first kappa shape index (κ1) is 13.7. The number of carbonyl (C=O) groups excluding carboxylic acids is 2. The van der Waals surface area contributed by atoms with Gasteiger partial charge in [0.25, 0.3) is 0 Å². The first-order valence-electron chi connectivity index (χ1n) is 5.48. The summed E-state index contributed by atoms with van der Waals surface area (Å²) in [6, 6.07) is 9.01. The van der Waals surface area contributed by atoms with Crippen LogP contribution in [-0.2, 0) is 20.7 Å². The van der Waals surface area contributed by atoms with Gasteiger partial charge in [0.15, 0.2) is 0 Å². The van der Waals surface area contributed by atoms with Gasteiger partial charge in [-0.25, -0.2) is 0 Å². The summed E-state index contributed by atoms with van der Waals surface area (Å²) in [5.74, 6) is -2.57. The Bertz CT molecular complexity index is 467. The lowest BCUT2D eigenvalue weighted by Gasteiger charge is -2.11. The molecule has 1 amide bonds. The van der Waals surface area contributed by atoms with Gasteiger partial charge in [0.2, 0.25) is 5.91 Å². The zero-order valence-corrected chi connectivity index (χ0v) is 9.94. The number of ether oxygens (including phenoxy) is 1. The Kier molecular flexibility index (Phi) is 5.41. The molecule has 0 saturated carbocycles. The Morgan fingerprint density at radius 3 is 2.61 bits per heavy atom. The summed E-state index contributed by atoms with van der Waals surface area (Å²) >= 11 is 0. The Labute approximate surface area is 104 Å². The van der Waals surface area contributed by atoms with Crippen LogP contribution >= 0.6 is 0 Å². The molecule has 1 unspecified atom stereocenters. The Morgan fingerprint density at radius 2 is 2.06 bits per heavy atom. The molecule has 0 aliphatic heterocycles. The van der Waals surface area contributed by atoms with Crippen molar-refractivity contribution in [1.82, 2.24) is 0 Å². The van der Waals surface area contributed by atoms with Crippen molar-refractivity contribution >= 4 is 11.9 Å². The fraction of sp³-hybridized carbons (Fsp3) is 0.333. The molecule has 0 aliphatic rings. The smallest absolute Gasteiger partial charge is 0.317 e. The molecule has 6 nitrogen and oxygen atoms in total. The van der Waals surface area contributed by atoms with Crippen LogP contribution in [0.5, 0.6) is 0 Å². The lowest BCUT2D eigenvalue weighted by molar-refractivity contribution is -0.151. The minimum absolute atomic E-state index is 0.164. The van der Waals surface area contributed by atoms with E-state index in [0.29, 0.717) is 0 Å². The van der Waals surface area contributed by atoms with Gasteiger partial charge in [0.1, 0.15) is 5.92 Å². The summed E-state index contributed by atoms with van der Waals surface area (Å²) in [6.07, 6.45) is 0.164. The number of amides is 1. The molecule has 18 heavy (non-hydrogen) atoms. The van der Waals surface area contributed by atoms with E-state index in [9.17, 15) is 9.59 Å². The van der Waals surface area contributed by atoms with E-state index in [1.165, 1.54) is 0 Å². The summed E-state index contributed by atoms with van der Waals surface area (Å²) in [5.41, 5.74) is 9.05. The second-order valence-electron chi connectivity index (χ2n) is 3.52. The molecule has 0 saturated heterocycles. The van der Waals surface area contributed by atoms with E-state index in [0.717, 1.165) is 5.56 Å². The third-order valence-electron chi connectivity index (χ3n) is 2.30. The van der Waals surface area contributed by atoms with Crippen LogP contribution in [0.15, 0.2) is 35.4 Å². The first-order chi connectivity index (χ1) is 8.69. The maximum absolute atomic E-state index is 11.6. The second kappa shape index (κ2) is 7.09. The van der Waals surface area contributed by atoms with Crippen LogP contribution in [0.1, 0.15) is 12.5 Å². The van der Waals surface area contributed by atoms with Crippen molar-refractivity contribution in [2.75, 3.05) is 6.61 Å². The topological polar surface area (TPSA) is 92.1 Å². The molecule has 0 N–H and O–H groups in total. The molecule has 1 atom stereocenters. The maximum atomic E-state index is 11.6. The van der Waals surface area contributed by atoms with Gasteiger partial charge >= 0.3 is 5.97 Å². The van der Waals surface area contributed by atoms with Gasteiger partial charge < -0.3 is 4.74 Å². The summed E-state index contributed by atoms with van der Waals surface area (Å²) < 4.78 is 4.80. The van der Waals surface area contributed by atoms with E-state index in [1.54, 1.807) is 31.2 Å². The molecule has 0 radical (unpaired) electrons. The highest BCUT2D eigenvalue weighted by atomic mass is 16.5. The van der Waals surface area contributed by atoms with Gasteiger partial charge in [0.05, 0.1) is 6.61 Å². The van der Waals surface area contributed by atoms with Gasteiger partial charge in [-0.3, -0.25) is 9.59 Å². The van der Waals surface area contributed by atoms with Crippen LogP contribution in [0.3, 0.4) is 0 Å². The molecular formula is C12H13N3O3. The highest BCUT2D eigenvalue weighted by Crippen LogP contribution is 2.12. The molecule has 1 rings (SSSR count). The predicted molar refractivity (Wildman–Crippen MR) is 64.4 cm³/mol. The van der Waals surface area contributed by atoms with Crippen LogP contribution in [0.4, 0.5) is 0 Å². The summed E-state index contributed by atoms with van der Waals surface area (Å²) in [5, 5.41) is 2.97. The molecule has 0 aliphatic carbocycles. The molecule has 94 valence electrons. The normalized spacial score (nSPS) is 11.2. The summed E-state index contributed by atoms with van der Waals surface area (Å²) in [6.45, 7) is 1.82. The van der Waals surface area contributed by atoms with Crippen molar-refractivity contribution in [2.24, 2.45) is 11.0 Å². The van der Waals surface area contributed by atoms with Crippen molar-refractivity contribution in [3.05, 3.63) is 46.3 Å². The van der Waals surface area contributed by atoms with Crippen LogP contribution in [0.25, 0.3) is 10.4 Å². The average molecular weight is 247 g/mol. The quantitative estimate of drug-likeness (QED) is 0.262. The van der Waals surface area contributed by atoms with Crippen molar-refractivity contribution in [1.29, 1.82) is 0 Å². The SMILES string of the molecule is CCOC(=O)C(Cc1ccccc1)C(=O)N=[N+]=[N-]. The van der Waals surface area contributed by atoms with E-state index < -0.39 is 17.8 Å². The number of esters is 1. The van der Waals surface area contributed by atoms with Crippen LogP contribution in [0.2, 0.25) is 0 Å². The molecule has 0 bridgehead atoms. The lowest BCUT2D eigenvalue weighted by Crippen LogP contribution is -2.26. The predicted octanol–water partition coefficient (Wildman–Crippen LogP) is 2.25. The fourth-order valence-corrected chi connectivity index (χ4v) is 1.48. The standard InChI is InChI=1S/C12H13N3O3/c1-2-18-12(17)10(11(16)14-15-13)8-9-6-4-3-5-7-9/h3-7,10H,2,8H2,1H3. The maximum Gasteiger partial charge on any atom is 0.317 e. The van der Waals surface area contributed by atoms with E-state index in [1.807, 2.05) is 6.07 Å². The van der Waals surface area contributed by atoms with Crippen LogP contribution in [-0.4, -0.2) is 18.5 Å². The summed E-state index contributed by atoms with van der Waals surface area (Å²) in [4.78, 5) is 25.6. The molecule has 1 aromatic carbocycles. The number of hydrogen-bond acceptors (Lipinski definition) is 3. The Morgan fingerprint density at radius 1 is 1.39 bits per heavy atom. The molecule has 0 aromatic heterocycles. The van der Waals surface area contributed by atoms with Crippen LogP contribution in [0, 0.1) is 5.92 Å². The van der Waals surface area contributed by atoms with E-state index in [-0.39, 0.29) is 13.0 Å². The van der Waals surface area contributed by atoms with Crippen molar-refractivity contribution in [3.8, 4) is 0 Å². The van der Waals surface area contributed by atoms with Gasteiger partial charge in [-0.05, 0) is 29.6 Å². The highest BCUT2D eigenvalue weighted by molar-refractivity contribution is 5.98. The number of nitrogens with zero attached hydrogens (tertiary/aromatic N) is 3. The van der Waals surface area contributed by atoms with Crippen molar-refractivity contribution < 1.29 is 14.3 Å². The third-order valence-corrected chi connectivity index (χ3v) is 2.30. The minimum atomic E-state index is -1.08. The number of carbonyl (C=O) groups is 2. The monoisotopic (exact) mass is 247 g/mol. The van der Waals surface area contributed by atoms with Gasteiger partial charge in [-0.1, -0.05) is 30.3 Å².